The Morgan fingerprint density at radius 1 is 0.741 bits per heavy atom. The van der Waals surface area contributed by atoms with Crippen molar-refractivity contribution in [2.75, 3.05) is 0 Å². The first-order chi connectivity index (χ1) is 13.2. The minimum Gasteiger partial charge on any atom is -0.0654 e. The molecule has 0 bridgehead atoms. The largest absolute Gasteiger partial charge is 0.0654 e. The molecule has 0 fully saturated rings. The zero-order chi connectivity index (χ0) is 19.5. The Morgan fingerprint density at radius 3 is 2.04 bits per heavy atom. The standard InChI is InChI=1S/C27H40/c1-5-8-11-16-23-20-25(19-12-9-6-2)27(24-17-13-10-14-18-24)26(21-23)22(4)15-7-3/h10,13-14,17-18,20-22H,5-9,11-12,15-16,19H2,1-4H3. The SMILES string of the molecule is CCCCCc1cc(CCCCC)c(-c2ccccc2)c(C(C)CCC)c1. The third-order valence-corrected chi connectivity index (χ3v) is 5.74. The van der Waals surface area contributed by atoms with Crippen LogP contribution in [0.4, 0.5) is 0 Å². The van der Waals surface area contributed by atoms with Gasteiger partial charge in [-0.15, -0.1) is 0 Å². The topological polar surface area (TPSA) is 0 Å². The molecular formula is C27H40. The van der Waals surface area contributed by atoms with Gasteiger partial charge in [0.1, 0.15) is 0 Å². The summed E-state index contributed by atoms with van der Waals surface area (Å²) in [5, 5.41) is 0. The van der Waals surface area contributed by atoms with Gasteiger partial charge in [-0.2, -0.15) is 0 Å². The lowest BCUT2D eigenvalue weighted by Crippen LogP contribution is -2.04. The van der Waals surface area contributed by atoms with Gasteiger partial charge in [0, 0.05) is 0 Å². The van der Waals surface area contributed by atoms with Crippen LogP contribution in [0.5, 0.6) is 0 Å². The van der Waals surface area contributed by atoms with Gasteiger partial charge in [0.2, 0.25) is 0 Å². The zero-order valence-electron chi connectivity index (χ0n) is 18.2. The Morgan fingerprint density at radius 2 is 1.41 bits per heavy atom. The normalized spacial score (nSPS) is 12.3. The van der Waals surface area contributed by atoms with E-state index in [0.29, 0.717) is 5.92 Å². The Balaban J connectivity index is 2.49. The van der Waals surface area contributed by atoms with Crippen molar-refractivity contribution in [2.24, 2.45) is 0 Å². The first-order valence-corrected chi connectivity index (χ1v) is 11.4. The summed E-state index contributed by atoms with van der Waals surface area (Å²) in [4.78, 5) is 0. The van der Waals surface area contributed by atoms with Crippen LogP contribution in [0.2, 0.25) is 0 Å². The molecule has 0 radical (unpaired) electrons. The highest BCUT2D eigenvalue weighted by molar-refractivity contribution is 5.72. The van der Waals surface area contributed by atoms with Crippen LogP contribution in [0.3, 0.4) is 0 Å². The van der Waals surface area contributed by atoms with E-state index >= 15 is 0 Å². The molecule has 0 aliphatic rings. The number of aryl methyl sites for hydroxylation is 2. The lowest BCUT2D eigenvalue weighted by Gasteiger charge is -2.22. The summed E-state index contributed by atoms with van der Waals surface area (Å²) in [6, 6.07) is 16.2. The molecule has 27 heavy (non-hydrogen) atoms. The predicted octanol–water partition coefficient (Wildman–Crippen LogP) is 8.72. The van der Waals surface area contributed by atoms with E-state index < -0.39 is 0 Å². The maximum Gasteiger partial charge on any atom is -0.0117 e. The van der Waals surface area contributed by atoms with E-state index in [9.17, 15) is 0 Å². The Kier molecular flexibility index (Phi) is 9.67. The molecule has 0 spiro atoms. The molecular weight excluding hydrogens is 324 g/mol. The Hall–Kier alpha value is -1.56. The van der Waals surface area contributed by atoms with Crippen molar-refractivity contribution in [1.82, 2.24) is 0 Å². The van der Waals surface area contributed by atoms with Crippen molar-refractivity contribution in [2.45, 2.75) is 97.8 Å². The zero-order valence-corrected chi connectivity index (χ0v) is 18.2. The highest BCUT2D eigenvalue weighted by atomic mass is 14.2. The van der Waals surface area contributed by atoms with Crippen LogP contribution >= 0.6 is 0 Å². The van der Waals surface area contributed by atoms with Gasteiger partial charge in [-0.25, -0.2) is 0 Å². The van der Waals surface area contributed by atoms with Crippen LogP contribution in [-0.4, -0.2) is 0 Å². The molecule has 0 nitrogen and oxygen atoms in total. The number of hydrogen-bond acceptors (Lipinski definition) is 0. The molecule has 0 N–H and O–H groups in total. The van der Waals surface area contributed by atoms with Crippen molar-refractivity contribution >= 4 is 0 Å². The molecule has 0 saturated carbocycles. The van der Waals surface area contributed by atoms with Gasteiger partial charge >= 0.3 is 0 Å². The first-order valence-electron chi connectivity index (χ1n) is 11.4. The van der Waals surface area contributed by atoms with E-state index in [1.54, 1.807) is 16.7 Å². The monoisotopic (exact) mass is 364 g/mol. The Bertz CT molecular complexity index is 653. The molecule has 0 heteroatoms. The number of rotatable bonds is 12. The summed E-state index contributed by atoms with van der Waals surface area (Å²) in [5.41, 5.74) is 7.67. The van der Waals surface area contributed by atoms with Crippen LogP contribution in [0, 0.1) is 0 Å². The molecule has 2 aromatic carbocycles. The van der Waals surface area contributed by atoms with Crippen LogP contribution < -0.4 is 0 Å². The van der Waals surface area contributed by atoms with Crippen molar-refractivity contribution in [3.63, 3.8) is 0 Å². The van der Waals surface area contributed by atoms with E-state index in [0.717, 1.165) is 0 Å². The second-order valence-corrected chi connectivity index (χ2v) is 8.19. The van der Waals surface area contributed by atoms with Gasteiger partial charge in [0.25, 0.3) is 0 Å². The second-order valence-electron chi connectivity index (χ2n) is 8.19. The number of benzene rings is 2. The Labute approximate surface area is 168 Å². The van der Waals surface area contributed by atoms with Gasteiger partial charge in [-0.1, -0.05) is 102 Å². The van der Waals surface area contributed by atoms with Crippen molar-refractivity contribution in [3.05, 3.63) is 59.2 Å². The molecule has 0 aliphatic heterocycles. The second kappa shape index (κ2) is 12.0. The van der Waals surface area contributed by atoms with E-state index in [-0.39, 0.29) is 0 Å². The quantitative estimate of drug-likeness (QED) is 0.330. The van der Waals surface area contributed by atoms with E-state index in [2.05, 4.69) is 70.2 Å². The van der Waals surface area contributed by atoms with Crippen molar-refractivity contribution < 1.29 is 0 Å². The van der Waals surface area contributed by atoms with Gasteiger partial charge < -0.3 is 0 Å². The molecule has 0 amide bonds. The molecule has 0 heterocycles. The molecule has 1 atom stereocenters. The fourth-order valence-corrected chi connectivity index (χ4v) is 4.22. The third kappa shape index (κ3) is 6.52. The average Bonchev–Trinajstić information content (AvgIpc) is 2.69. The van der Waals surface area contributed by atoms with Gasteiger partial charge in [0.15, 0.2) is 0 Å². The van der Waals surface area contributed by atoms with Crippen LogP contribution in [0.1, 0.15) is 102 Å². The van der Waals surface area contributed by atoms with Crippen molar-refractivity contribution in [1.29, 1.82) is 0 Å². The van der Waals surface area contributed by atoms with Crippen LogP contribution in [-0.2, 0) is 12.8 Å². The van der Waals surface area contributed by atoms with E-state index in [1.807, 2.05) is 0 Å². The smallest absolute Gasteiger partial charge is 0.0117 e. The maximum absolute atomic E-state index is 2.54. The summed E-state index contributed by atoms with van der Waals surface area (Å²) >= 11 is 0. The van der Waals surface area contributed by atoms with Gasteiger partial charge in [-0.3, -0.25) is 0 Å². The molecule has 0 aromatic heterocycles. The highest BCUT2D eigenvalue weighted by Crippen LogP contribution is 2.36. The summed E-state index contributed by atoms with van der Waals surface area (Å²) in [6.45, 7) is 9.33. The molecule has 2 aromatic rings. The van der Waals surface area contributed by atoms with Crippen LogP contribution in [0.15, 0.2) is 42.5 Å². The summed E-state index contributed by atoms with van der Waals surface area (Å²) in [7, 11) is 0. The fourth-order valence-electron chi connectivity index (χ4n) is 4.22. The lowest BCUT2D eigenvalue weighted by atomic mass is 9.82. The van der Waals surface area contributed by atoms with E-state index in [4.69, 9.17) is 0 Å². The number of hydrogen-bond donors (Lipinski definition) is 0. The van der Waals surface area contributed by atoms with Crippen LogP contribution in [0.25, 0.3) is 11.1 Å². The summed E-state index contributed by atoms with van der Waals surface area (Å²) in [5.74, 6) is 0.626. The summed E-state index contributed by atoms with van der Waals surface area (Å²) < 4.78 is 0. The molecule has 0 saturated heterocycles. The maximum atomic E-state index is 2.54. The highest BCUT2D eigenvalue weighted by Gasteiger charge is 2.17. The van der Waals surface area contributed by atoms with Gasteiger partial charge in [-0.05, 0) is 65.8 Å². The number of unbranched alkanes of at least 4 members (excludes halogenated alkanes) is 4. The van der Waals surface area contributed by atoms with E-state index in [1.165, 1.54) is 75.3 Å². The molecule has 1 unspecified atom stereocenters. The molecule has 2 rings (SSSR count). The predicted molar refractivity (Wildman–Crippen MR) is 122 cm³/mol. The lowest BCUT2D eigenvalue weighted by molar-refractivity contribution is 0.660. The molecule has 148 valence electrons. The van der Waals surface area contributed by atoms with Crippen molar-refractivity contribution in [3.8, 4) is 11.1 Å². The molecule has 0 aliphatic carbocycles. The minimum absolute atomic E-state index is 0.626. The first kappa shape index (κ1) is 21.7. The van der Waals surface area contributed by atoms with Gasteiger partial charge in [0.05, 0.1) is 0 Å². The fraction of sp³-hybridized carbons (Fsp3) is 0.556. The minimum atomic E-state index is 0.626. The summed E-state index contributed by atoms with van der Waals surface area (Å²) in [6.07, 6.45) is 12.8. The third-order valence-electron chi connectivity index (χ3n) is 5.74. The average molecular weight is 365 g/mol.